The number of hydrogen-bond acceptors (Lipinski definition) is 5. The van der Waals surface area contributed by atoms with Gasteiger partial charge in [-0.2, -0.15) is 10.2 Å². The summed E-state index contributed by atoms with van der Waals surface area (Å²) in [6, 6.07) is 0. The first-order valence-electron chi connectivity index (χ1n) is 4.45. The molecule has 9 nitrogen and oxygen atoms in total. The number of rotatable bonds is 3. The molecular weight excluding hydrogens is 230 g/mol. The maximum Gasteiger partial charge on any atom is 0.339 e. The van der Waals surface area contributed by atoms with Crippen molar-refractivity contribution in [1.82, 2.24) is 20.0 Å². The van der Waals surface area contributed by atoms with E-state index in [0.29, 0.717) is 0 Å². The summed E-state index contributed by atoms with van der Waals surface area (Å²) >= 11 is 0. The van der Waals surface area contributed by atoms with Crippen LogP contribution in [-0.4, -0.2) is 36.0 Å². The van der Waals surface area contributed by atoms with Crippen molar-refractivity contribution in [2.45, 2.75) is 0 Å². The molecule has 0 amide bonds. The Labute approximate surface area is 93.8 Å². The lowest BCUT2D eigenvalue weighted by Crippen LogP contribution is -2.02. The molecule has 0 radical (unpaired) electrons. The summed E-state index contributed by atoms with van der Waals surface area (Å²) < 4.78 is 1.22. The minimum atomic E-state index is -1.22. The van der Waals surface area contributed by atoms with E-state index in [4.69, 9.17) is 5.11 Å². The van der Waals surface area contributed by atoms with Crippen molar-refractivity contribution in [3.8, 4) is 11.4 Å². The number of nitrogens with one attached hydrogen (secondary N) is 1. The molecule has 0 aliphatic heterocycles. The highest BCUT2D eigenvalue weighted by Gasteiger charge is 2.26. The molecule has 0 bridgehead atoms. The van der Waals surface area contributed by atoms with E-state index in [-0.39, 0.29) is 22.6 Å². The zero-order valence-corrected chi connectivity index (χ0v) is 8.62. The number of aromatic carboxylic acids is 1. The van der Waals surface area contributed by atoms with E-state index in [0.717, 1.165) is 12.4 Å². The van der Waals surface area contributed by atoms with Crippen LogP contribution < -0.4 is 0 Å². The molecular formula is C8H7N5O4. The van der Waals surface area contributed by atoms with Gasteiger partial charge in [-0.05, 0) is 0 Å². The number of carbonyl (C=O) groups is 1. The molecule has 0 saturated carbocycles. The van der Waals surface area contributed by atoms with Crippen molar-refractivity contribution in [3.05, 3.63) is 28.1 Å². The van der Waals surface area contributed by atoms with Crippen LogP contribution in [0.15, 0.2) is 12.4 Å². The second-order valence-corrected chi connectivity index (χ2v) is 3.22. The molecule has 0 fully saturated rings. The summed E-state index contributed by atoms with van der Waals surface area (Å²) in [5, 5.41) is 29.4. The fraction of sp³-hybridized carbons (Fsp3) is 0.125. The van der Waals surface area contributed by atoms with E-state index < -0.39 is 10.9 Å². The Bertz CT molecular complexity index is 599. The van der Waals surface area contributed by atoms with Crippen molar-refractivity contribution in [1.29, 1.82) is 0 Å². The van der Waals surface area contributed by atoms with Crippen LogP contribution in [0.1, 0.15) is 10.4 Å². The molecule has 0 saturated heterocycles. The third-order valence-electron chi connectivity index (χ3n) is 2.22. The highest BCUT2D eigenvalue weighted by Crippen LogP contribution is 2.29. The zero-order chi connectivity index (χ0) is 12.6. The monoisotopic (exact) mass is 237 g/mol. The second kappa shape index (κ2) is 3.70. The third kappa shape index (κ3) is 1.62. The van der Waals surface area contributed by atoms with Crippen molar-refractivity contribution in [2.24, 2.45) is 7.05 Å². The predicted octanol–water partition coefficient (Wildman–Crippen LogP) is 0.417. The van der Waals surface area contributed by atoms with Gasteiger partial charge in [0.15, 0.2) is 5.69 Å². The molecule has 9 heteroatoms. The lowest BCUT2D eigenvalue weighted by molar-refractivity contribution is -0.384. The number of carboxylic acids is 1. The highest BCUT2D eigenvalue weighted by molar-refractivity contribution is 5.95. The number of hydrogen-bond donors (Lipinski definition) is 2. The Morgan fingerprint density at radius 3 is 2.88 bits per heavy atom. The molecule has 0 unspecified atom stereocenters. The van der Waals surface area contributed by atoms with Crippen LogP contribution in [0.3, 0.4) is 0 Å². The molecule has 0 spiro atoms. The molecule has 2 aromatic heterocycles. The molecule has 2 rings (SSSR count). The van der Waals surface area contributed by atoms with E-state index in [9.17, 15) is 14.9 Å². The largest absolute Gasteiger partial charge is 0.478 e. The minimum Gasteiger partial charge on any atom is -0.478 e. The van der Waals surface area contributed by atoms with Crippen LogP contribution in [0.2, 0.25) is 0 Å². The smallest absolute Gasteiger partial charge is 0.339 e. The average molecular weight is 237 g/mol. The van der Waals surface area contributed by atoms with Crippen LogP contribution in [0, 0.1) is 10.1 Å². The maximum atomic E-state index is 10.9. The van der Waals surface area contributed by atoms with E-state index in [1.54, 1.807) is 0 Å². The van der Waals surface area contributed by atoms with E-state index >= 15 is 0 Å². The van der Waals surface area contributed by atoms with Crippen LogP contribution in [0.5, 0.6) is 0 Å². The fourth-order valence-corrected chi connectivity index (χ4v) is 1.48. The van der Waals surface area contributed by atoms with Crippen molar-refractivity contribution < 1.29 is 14.8 Å². The molecule has 0 aliphatic carbocycles. The molecule has 2 heterocycles. The molecule has 0 aliphatic rings. The van der Waals surface area contributed by atoms with Gasteiger partial charge in [0, 0.05) is 7.05 Å². The summed E-state index contributed by atoms with van der Waals surface area (Å²) in [5.41, 5.74) is -0.287. The maximum absolute atomic E-state index is 10.9. The molecule has 2 aromatic rings. The first-order chi connectivity index (χ1) is 8.02. The number of H-pyrrole nitrogens is 1. The van der Waals surface area contributed by atoms with Gasteiger partial charge in [0.05, 0.1) is 11.1 Å². The summed E-state index contributed by atoms with van der Waals surface area (Å²) in [4.78, 5) is 21.1. The van der Waals surface area contributed by atoms with Gasteiger partial charge < -0.3 is 5.11 Å². The fourth-order valence-electron chi connectivity index (χ4n) is 1.48. The van der Waals surface area contributed by atoms with Crippen molar-refractivity contribution in [3.63, 3.8) is 0 Å². The summed E-state index contributed by atoms with van der Waals surface area (Å²) in [7, 11) is 1.48. The lowest BCUT2D eigenvalue weighted by Gasteiger charge is -1.99. The van der Waals surface area contributed by atoms with Crippen LogP contribution >= 0.6 is 0 Å². The Hall–Kier alpha value is -2.71. The number of carboxylic acid groups (broad SMARTS) is 1. The standard InChI is InChI=1S/C8H7N5O4/c1-12-7(5(3-10-12)13(16)17)6-4(8(14)15)2-9-11-6/h2-3H,1H3,(H,9,11)(H,14,15). The third-order valence-corrected chi connectivity index (χ3v) is 2.22. The van der Waals surface area contributed by atoms with Crippen LogP contribution in [0.4, 0.5) is 5.69 Å². The molecule has 88 valence electrons. The Morgan fingerprint density at radius 1 is 1.59 bits per heavy atom. The average Bonchev–Trinajstić information content (AvgIpc) is 2.82. The Morgan fingerprint density at radius 2 is 2.29 bits per heavy atom. The predicted molar refractivity (Wildman–Crippen MR) is 54.4 cm³/mol. The van der Waals surface area contributed by atoms with E-state index in [1.165, 1.54) is 11.7 Å². The Balaban J connectivity index is 2.68. The second-order valence-electron chi connectivity index (χ2n) is 3.22. The number of aryl methyl sites for hydroxylation is 1. The van der Waals surface area contributed by atoms with Crippen LogP contribution in [-0.2, 0) is 7.05 Å². The molecule has 0 aromatic carbocycles. The zero-order valence-electron chi connectivity index (χ0n) is 8.62. The van der Waals surface area contributed by atoms with Gasteiger partial charge in [0.2, 0.25) is 0 Å². The number of nitro groups is 1. The summed E-state index contributed by atoms with van der Waals surface area (Å²) in [6.45, 7) is 0. The van der Waals surface area contributed by atoms with Crippen molar-refractivity contribution >= 4 is 11.7 Å². The van der Waals surface area contributed by atoms with Crippen molar-refractivity contribution in [2.75, 3.05) is 0 Å². The summed E-state index contributed by atoms with van der Waals surface area (Å²) in [5.74, 6) is -1.22. The van der Waals surface area contributed by atoms with E-state index in [2.05, 4.69) is 15.3 Å². The molecule has 2 N–H and O–H groups in total. The number of aromatic amines is 1. The van der Waals surface area contributed by atoms with Gasteiger partial charge in [-0.25, -0.2) is 4.79 Å². The number of nitrogens with zero attached hydrogens (tertiary/aromatic N) is 4. The van der Waals surface area contributed by atoms with Gasteiger partial charge >= 0.3 is 11.7 Å². The minimum absolute atomic E-state index is 0.0594. The highest BCUT2D eigenvalue weighted by atomic mass is 16.6. The topological polar surface area (TPSA) is 127 Å². The normalized spacial score (nSPS) is 10.4. The molecule has 17 heavy (non-hydrogen) atoms. The van der Waals surface area contributed by atoms with Crippen LogP contribution in [0.25, 0.3) is 11.4 Å². The first kappa shape index (κ1) is 10.8. The SMILES string of the molecule is Cn1ncc([N+](=O)[O-])c1-c1[nH]ncc1C(=O)O. The first-order valence-corrected chi connectivity index (χ1v) is 4.45. The summed E-state index contributed by atoms with van der Waals surface area (Å²) in [6.07, 6.45) is 2.15. The number of aromatic nitrogens is 4. The van der Waals surface area contributed by atoms with Gasteiger partial charge in [-0.1, -0.05) is 0 Å². The van der Waals surface area contributed by atoms with E-state index in [1.807, 2.05) is 0 Å². The lowest BCUT2D eigenvalue weighted by atomic mass is 10.2. The Kier molecular flexibility index (Phi) is 2.35. The van der Waals surface area contributed by atoms with Gasteiger partial charge in [-0.3, -0.25) is 19.9 Å². The quantitative estimate of drug-likeness (QED) is 0.588. The van der Waals surface area contributed by atoms with Gasteiger partial charge in [-0.15, -0.1) is 0 Å². The molecule has 0 atom stereocenters. The van der Waals surface area contributed by atoms with Gasteiger partial charge in [0.25, 0.3) is 0 Å². The van der Waals surface area contributed by atoms with Gasteiger partial charge in [0.1, 0.15) is 17.5 Å².